The third-order valence-electron chi connectivity index (χ3n) is 4.06. The maximum absolute atomic E-state index is 12.4. The number of H-pyrrole nitrogens is 1. The number of aromatic nitrogens is 2. The molecule has 1 aromatic heterocycles. The van der Waals surface area contributed by atoms with Gasteiger partial charge in [0.25, 0.3) is 5.91 Å². The number of amides is 1. The Morgan fingerprint density at radius 2 is 1.89 bits per heavy atom. The van der Waals surface area contributed by atoms with Crippen molar-refractivity contribution in [2.45, 2.75) is 6.92 Å². The lowest BCUT2D eigenvalue weighted by Gasteiger charge is -2.02. The van der Waals surface area contributed by atoms with Crippen LogP contribution < -0.4 is 10.2 Å². The van der Waals surface area contributed by atoms with Gasteiger partial charge in [-0.25, -0.2) is 5.43 Å². The van der Waals surface area contributed by atoms with Crippen molar-refractivity contribution >= 4 is 34.1 Å². The van der Waals surface area contributed by atoms with Crippen LogP contribution in [0.3, 0.4) is 0 Å². The van der Waals surface area contributed by atoms with E-state index < -0.39 is 0 Å². The molecule has 2 aromatic carbocycles. The van der Waals surface area contributed by atoms with E-state index in [2.05, 4.69) is 36.7 Å². The number of hydrazone groups is 1. The molecular weight excluding hydrogens is 420 g/mol. The van der Waals surface area contributed by atoms with Gasteiger partial charge in [-0.15, -0.1) is 0 Å². The predicted octanol–water partition coefficient (Wildman–Crippen LogP) is 4.55. The van der Waals surface area contributed by atoms with Gasteiger partial charge in [-0.05, 0) is 58.8 Å². The SMILES string of the molecule is COc1ccc(-c2n[nH]c(C(=O)N/N=C\C(Br)=C\c3ccccc3)c2C)cc1. The van der Waals surface area contributed by atoms with Crippen molar-refractivity contribution in [3.8, 4) is 17.0 Å². The number of hydrogen-bond acceptors (Lipinski definition) is 4. The van der Waals surface area contributed by atoms with E-state index in [-0.39, 0.29) is 5.91 Å². The molecule has 0 fully saturated rings. The van der Waals surface area contributed by atoms with Gasteiger partial charge in [-0.2, -0.15) is 10.2 Å². The zero-order valence-corrected chi connectivity index (χ0v) is 17.0. The quantitative estimate of drug-likeness (QED) is 0.437. The number of halogens is 1. The Morgan fingerprint density at radius 3 is 2.57 bits per heavy atom. The molecule has 0 radical (unpaired) electrons. The molecule has 0 aliphatic carbocycles. The maximum Gasteiger partial charge on any atom is 0.289 e. The van der Waals surface area contributed by atoms with Gasteiger partial charge in [0, 0.05) is 15.6 Å². The number of allylic oxidation sites excluding steroid dienone is 1. The van der Waals surface area contributed by atoms with Crippen molar-refractivity contribution in [3.05, 3.63) is 75.9 Å². The standard InChI is InChI=1S/C21H19BrN4O2/c1-14-19(16-8-10-18(28-2)11-9-16)24-25-20(14)21(27)26-23-13-17(22)12-15-6-4-3-5-7-15/h3-13H,1-2H3,(H,24,25)(H,26,27)/b17-12-,23-13-. The molecule has 0 atom stereocenters. The van der Waals surface area contributed by atoms with E-state index in [1.54, 1.807) is 7.11 Å². The smallest absolute Gasteiger partial charge is 0.289 e. The maximum atomic E-state index is 12.4. The zero-order valence-electron chi connectivity index (χ0n) is 15.4. The van der Waals surface area contributed by atoms with Crippen LogP contribution in [-0.2, 0) is 0 Å². The molecule has 0 aliphatic heterocycles. The Kier molecular flexibility index (Phi) is 6.39. The number of benzene rings is 2. The van der Waals surface area contributed by atoms with E-state index in [0.717, 1.165) is 26.9 Å². The van der Waals surface area contributed by atoms with Gasteiger partial charge in [0.2, 0.25) is 0 Å². The summed E-state index contributed by atoms with van der Waals surface area (Å²) in [5.41, 5.74) is 6.25. The summed E-state index contributed by atoms with van der Waals surface area (Å²) in [6, 6.07) is 17.3. The summed E-state index contributed by atoms with van der Waals surface area (Å²) in [7, 11) is 1.62. The van der Waals surface area contributed by atoms with E-state index in [9.17, 15) is 4.79 Å². The van der Waals surface area contributed by atoms with Crippen molar-refractivity contribution in [3.63, 3.8) is 0 Å². The minimum atomic E-state index is -0.360. The fourth-order valence-electron chi connectivity index (χ4n) is 2.60. The lowest BCUT2D eigenvalue weighted by Crippen LogP contribution is -2.19. The molecule has 3 rings (SSSR count). The first-order valence-electron chi connectivity index (χ1n) is 8.53. The molecule has 0 aliphatic rings. The Morgan fingerprint density at radius 1 is 1.18 bits per heavy atom. The van der Waals surface area contributed by atoms with Crippen LogP contribution in [0.5, 0.6) is 5.75 Å². The number of methoxy groups -OCH3 is 1. The zero-order chi connectivity index (χ0) is 19.9. The molecule has 1 heterocycles. The molecule has 0 saturated carbocycles. The second-order valence-electron chi connectivity index (χ2n) is 5.94. The topological polar surface area (TPSA) is 79.4 Å². The highest BCUT2D eigenvalue weighted by Gasteiger charge is 2.16. The lowest BCUT2D eigenvalue weighted by molar-refractivity contribution is 0.0949. The second-order valence-corrected chi connectivity index (χ2v) is 6.86. The van der Waals surface area contributed by atoms with Gasteiger partial charge in [0.1, 0.15) is 11.4 Å². The molecule has 2 N–H and O–H groups in total. The fraction of sp³-hybridized carbons (Fsp3) is 0.0952. The highest BCUT2D eigenvalue weighted by Crippen LogP contribution is 2.25. The predicted molar refractivity (Wildman–Crippen MR) is 115 cm³/mol. The number of nitrogens with zero attached hydrogens (tertiary/aromatic N) is 2. The summed E-state index contributed by atoms with van der Waals surface area (Å²) in [4.78, 5) is 12.4. The molecular formula is C21H19BrN4O2. The first-order chi connectivity index (χ1) is 13.6. The summed E-state index contributed by atoms with van der Waals surface area (Å²) in [6.45, 7) is 1.84. The molecule has 0 spiro atoms. The third kappa shape index (κ3) is 4.75. The van der Waals surface area contributed by atoms with Crippen molar-refractivity contribution in [1.29, 1.82) is 0 Å². The van der Waals surface area contributed by atoms with Gasteiger partial charge in [-0.1, -0.05) is 30.3 Å². The number of carbonyl (C=O) groups excluding carboxylic acids is 1. The van der Waals surface area contributed by atoms with Crippen LogP contribution in [0.1, 0.15) is 21.6 Å². The van der Waals surface area contributed by atoms with Gasteiger partial charge in [-0.3, -0.25) is 9.89 Å². The Balaban J connectivity index is 1.68. The van der Waals surface area contributed by atoms with Crippen LogP contribution in [0, 0.1) is 6.92 Å². The van der Waals surface area contributed by atoms with Crippen LogP contribution in [0.15, 0.2) is 64.2 Å². The molecule has 6 nitrogen and oxygen atoms in total. The number of ether oxygens (including phenoxy) is 1. The average Bonchev–Trinajstić information content (AvgIpc) is 3.10. The number of hydrogen-bond donors (Lipinski definition) is 2. The highest BCUT2D eigenvalue weighted by atomic mass is 79.9. The highest BCUT2D eigenvalue weighted by molar-refractivity contribution is 9.12. The summed E-state index contributed by atoms with van der Waals surface area (Å²) >= 11 is 3.41. The van der Waals surface area contributed by atoms with E-state index in [0.29, 0.717) is 11.4 Å². The Labute approximate surface area is 171 Å². The number of rotatable bonds is 6. The van der Waals surface area contributed by atoms with Gasteiger partial charge in [0.15, 0.2) is 0 Å². The van der Waals surface area contributed by atoms with Crippen LogP contribution in [0.25, 0.3) is 17.3 Å². The van der Waals surface area contributed by atoms with E-state index in [1.165, 1.54) is 6.21 Å². The fourth-order valence-corrected chi connectivity index (χ4v) is 2.97. The molecule has 28 heavy (non-hydrogen) atoms. The Bertz CT molecular complexity index is 1010. The van der Waals surface area contributed by atoms with Gasteiger partial charge >= 0.3 is 0 Å². The minimum absolute atomic E-state index is 0.360. The van der Waals surface area contributed by atoms with Crippen molar-refractivity contribution in [2.75, 3.05) is 7.11 Å². The lowest BCUT2D eigenvalue weighted by atomic mass is 10.1. The number of nitrogens with one attached hydrogen (secondary N) is 2. The van der Waals surface area contributed by atoms with Crippen LogP contribution in [-0.4, -0.2) is 29.4 Å². The van der Waals surface area contributed by atoms with Crippen molar-refractivity contribution < 1.29 is 9.53 Å². The average molecular weight is 439 g/mol. The summed E-state index contributed by atoms with van der Waals surface area (Å²) < 4.78 is 5.90. The molecule has 142 valence electrons. The molecule has 0 bridgehead atoms. The van der Waals surface area contributed by atoms with E-state index in [4.69, 9.17) is 4.74 Å². The summed E-state index contributed by atoms with van der Waals surface area (Å²) in [5, 5.41) is 11.0. The third-order valence-corrected chi connectivity index (χ3v) is 4.49. The largest absolute Gasteiger partial charge is 0.497 e. The second kappa shape index (κ2) is 9.14. The van der Waals surface area contributed by atoms with Gasteiger partial charge < -0.3 is 4.74 Å². The van der Waals surface area contributed by atoms with Crippen LogP contribution in [0.2, 0.25) is 0 Å². The number of aromatic amines is 1. The van der Waals surface area contributed by atoms with Crippen LogP contribution >= 0.6 is 15.9 Å². The summed E-state index contributed by atoms with van der Waals surface area (Å²) in [6.07, 6.45) is 3.43. The van der Waals surface area contributed by atoms with E-state index in [1.807, 2.05) is 67.6 Å². The monoisotopic (exact) mass is 438 g/mol. The first-order valence-corrected chi connectivity index (χ1v) is 9.33. The molecule has 3 aromatic rings. The number of carbonyl (C=O) groups is 1. The minimum Gasteiger partial charge on any atom is -0.497 e. The van der Waals surface area contributed by atoms with Crippen molar-refractivity contribution in [2.24, 2.45) is 5.10 Å². The first kappa shape index (κ1) is 19.6. The molecule has 0 saturated heterocycles. The van der Waals surface area contributed by atoms with Crippen LogP contribution in [0.4, 0.5) is 0 Å². The van der Waals surface area contributed by atoms with Crippen molar-refractivity contribution in [1.82, 2.24) is 15.6 Å². The Hall–Kier alpha value is -3.19. The molecule has 7 heteroatoms. The summed E-state index contributed by atoms with van der Waals surface area (Å²) in [5.74, 6) is 0.402. The van der Waals surface area contributed by atoms with Gasteiger partial charge in [0.05, 0.1) is 19.0 Å². The molecule has 0 unspecified atom stereocenters. The molecule has 1 amide bonds. The van der Waals surface area contributed by atoms with E-state index >= 15 is 0 Å². The normalized spacial score (nSPS) is 11.6.